The van der Waals surface area contributed by atoms with Crippen LogP contribution < -0.4 is 5.32 Å². The molecule has 1 heterocycles. The molecule has 0 aliphatic carbocycles. The third-order valence-corrected chi connectivity index (χ3v) is 2.96. The summed E-state index contributed by atoms with van der Waals surface area (Å²) in [5, 5.41) is 3.30. The quantitative estimate of drug-likeness (QED) is 0.665. The Morgan fingerprint density at radius 2 is 1.79 bits per heavy atom. The van der Waals surface area contributed by atoms with Crippen molar-refractivity contribution in [2.45, 2.75) is 18.4 Å². The third-order valence-electron chi connectivity index (χ3n) is 2.96. The zero-order chi connectivity index (χ0) is 9.86. The summed E-state index contributed by atoms with van der Waals surface area (Å²) in [4.78, 5) is 3.86. The molecule has 0 spiro atoms. The van der Waals surface area contributed by atoms with Crippen molar-refractivity contribution in [1.82, 2.24) is 5.32 Å². The van der Waals surface area contributed by atoms with E-state index in [1.807, 2.05) is 18.2 Å². The fourth-order valence-electron chi connectivity index (χ4n) is 2.05. The average molecular weight is 186 g/mol. The molecule has 0 amide bonds. The normalized spacial score (nSPS) is 19.9. The van der Waals surface area contributed by atoms with Crippen LogP contribution in [-0.4, -0.2) is 13.1 Å². The monoisotopic (exact) mass is 186 g/mol. The van der Waals surface area contributed by atoms with Crippen molar-refractivity contribution in [3.8, 4) is 0 Å². The van der Waals surface area contributed by atoms with Crippen molar-refractivity contribution in [1.29, 1.82) is 0 Å². The molecule has 2 heteroatoms. The molecule has 1 N–H and O–H groups in total. The van der Waals surface area contributed by atoms with Gasteiger partial charge < -0.3 is 10.2 Å². The number of piperidine rings is 1. The molecule has 2 nitrogen and oxygen atoms in total. The van der Waals surface area contributed by atoms with Crippen LogP contribution in [0.1, 0.15) is 18.4 Å². The molecular weight excluding hydrogens is 172 g/mol. The van der Waals surface area contributed by atoms with Crippen molar-refractivity contribution in [3.05, 3.63) is 47.3 Å². The lowest BCUT2D eigenvalue weighted by molar-refractivity contribution is 0.370. The van der Waals surface area contributed by atoms with Crippen LogP contribution in [0.5, 0.6) is 0 Å². The standard InChI is InChI=1S/C12H14N2/c1-13-12(7-9-14-10-8-12)11-5-3-2-4-6-11/h2-6,14H,7-10H2. The van der Waals surface area contributed by atoms with Crippen LogP contribution >= 0.6 is 0 Å². The van der Waals surface area contributed by atoms with Crippen LogP contribution in [0.25, 0.3) is 4.85 Å². The first kappa shape index (κ1) is 9.23. The summed E-state index contributed by atoms with van der Waals surface area (Å²) in [6.07, 6.45) is 1.86. The smallest absolute Gasteiger partial charge is 0.259 e. The van der Waals surface area contributed by atoms with E-state index in [1.165, 1.54) is 5.56 Å². The summed E-state index contributed by atoms with van der Waals surface area (Å²) in [6, 6.07) is 10.2. The number of benzene rings is 1. The second-order valence-electron chi connectivity index (χ2n) is 3.76. The highest BCUT2D eigenvalue weighted by Crippen LogP contribution is 2.34. The highest BCUT2D eigenvalue weighted by Gasteiger charge is 2.39. The first-order valence-electron chi connectivity index (χ1n) is 5.02. The van der Waals surface area contributed by atoms with Gasteiger partial charge in [0.25, 0.3) is 5.54 Å². The maximum absolute atomic E-state index is 7.38. The molecule has 1 aromatic rings. The Balaban J connectivity index is 2.33. The summed E-state index contributed by atoms with van der Waals surface area (Å²) < 4.78 is 0. The van der Waals surface area contributed by atoms with E-state index in [2.05, 4.69) is 22.3 Å². The molecule has 14 heavy (non-hydrogen) atoms. The Morgan fingerprint density at radius 3 is 2.36 bits per heavy atom. The molecule has 1 fully saturated rings. The summed E-state index contributed by atoms with van der Waals surface area (Å²) >= 11 is 0. The summed E-state index contributed by atoms with van der Waals surface area (Å²) in [7, 11) is 0. The molecule has 0 atom stereocenters. The van der Waals surface area contributed by atoms with E-state index in [-0.39, 0.29) is 5.54 Å². The zero-order valence-electron chi connectivity index (χ0n) is 8.16. The van der Waals surface area contributed by atoms with Crippen LogP contribution in [0, 0.1) is 6.57 Å². The van der Waals surface area contributed by atoms with Gasteiger partial charge in [0, 0.05) is 31.5 Å². The Kier molecular flexibility index (Phi) is 2.51. The van der Waals surface area contributed by atoms with Crippen LogP contribution in [0.3, 0.4) is 0 Å². The van der Waals surface area contributed by atoms with E-state index in [4.69, 9.17) is 6.57 Å². The molecule has 1 saturated heterocycles. The van der Waals surface area contributed by atoms with Crippen molar-refractivity contribution in [2.24, 2.45) is 0 Å². The molecule has 1 aromatic carbocycles. The molecule has 0 bridgehead atoms. The molecule has 72 valence electrons. The lowest BCUT2D eigenvalue weighted by Crippen LogP contribution is -2.37. The summed E-state index contributed by atoms with van der Waals surface area (Å²) in [6.45, 7) is 9.29. The fourth-order valence-corrected chi connectivity index (χ4v) is 2.05. The Labute approximate surface area is 84.8 Å². The number of hydrogen-bond donors (Lipinski definition) is 1. The van der Waals surface area contributed by atoms with E-state index in [0.29, 0.717) is 0 Å². The van der Waals surface area contributed by atoms with Gasteiger partial charge in [0.15, 0.2) is 0 Å². The minimum atomic E-state index is -0.257. The molecule has 1 aliphatic heterocycles. The number of hydrogen-bond acceptors (Lipinski definition) is 1. The van der Waals surface area contributed by atoms with Gasteiger partial charge in [-0.2, -0.15) is 0 Å². The number of rotatable bonds is 1. The third kappa shape index (κ3) is 1.51. The molecule has 0 aromatic heterocycles. The maximum atomic E-state index is 7.38. The van der Waals surface area contributed by atoms with E-state index in [1.54, 1.807) is 0 Å². The molecule has 0 unspecified atom stereocenters. The first-order valence-corrected chi connectivity index (χ1v) is 5.02. The number of nitrogens with zero attached hydrogens (tertiary/aromatic N) is 1. The second-order valence-corrected chi connectivity index (χ2v) is 3.76. The topological polar surface area (TPSA) is 16.4 Å². The SMILES string of the molecule is [C-]#[N+]C1(c2ccccc2)CCNCC1. The fraction of sp³-hybridized carbons (Fsp3) is 0.417. The van der Waals surface area contributed by atoms with Gasteiger partial charge in [0.2, 0.25) is 0 Å². The predicted molar refractivity (Wildman–Crippen MR) is 56.8 cm³/mol. The average Bonchev–Trinajstić information content (AvgIpc) is 2.31. The minimum Gasteiger partial charge on any atom is -0.316 e. The Morgan fingerprint density at radius 1 is 1.14 bits per heavy atom. The lowest BCUT2D eigenvalue weighted by atomic mass is 9.82. The van der Waals surface area contributed by atoms with E-state index >= 15 is 0 Å². The summed E-state index contributed by atoms with van der Waals surface area (Å²) in [5.74, 6) is 0. The first-order chi connectivity index (χ1) is 6.87. The highest BCUT2D eigenvalue weighted by molar-refractivity contribution is 5.28. The van der Waals surface area contributed by atoms with Gasteiger partial charge in [-0.05, 0) is 0 Å². The van der Waals surface area contributed by atoms with E-state index in [0.717, 1.165) is 25.9 Å². The predicted octanol–water partition coefficient (Wildman–Crippen LogP) is 2.18. The van der Waals surface area contributed by atoms with Gasteiger partial charge in [0.1, 0.15) is 0 Å². The molecular formula is C12H14N2. The van der Waals surface area contributed by atoms with Gasteiger partial charge in [-0.25, -0.2) is 6.57 Å². The Hall–Kier alpha value is -1.33. The van der Waals surface area contributed by atoms with E-state index in [9.17, 15) is 0 Å². The Bertz CT molecular complexity index is 331. The van der Waals surface area contributed by atoms with Crippen LogP contribution in [0.4, 0.5) is 0 Å². The molecule has 1 aliphatic rings. The molecule has 2 rings (SSSR count). The minimum absolute atomic E-state index is 0.257. The molecule has 0 radical (unpaired) electrons. The van der Waals surface area contributed by atoms with Crippen LogP contribution in [-0.2, 0) is 5.54 Å². The van der Waals surface area contributed by atoms with Gasteiger partial charge >= 0.3 is 0 Å². The zero-order valence-corrected chi connectivity index (χ0v) is 8.16. The largest absolute Gasteiger partial charge is 0.316 e. The summed E-state index contributed by atoms with van der Waals surface area (Å²) in [5.41, 5.74) is 0.920. The molecule has 0 saturated carbocycles. The van der Waals surface area contributed by atoms with Gasteiger partial charge in [-0.15, -0.1) is 0 Å². The van der Waals surface area contributed by atoms with Crippen molar-refractivity contribution < 1.29 is 0 Å². The van der Waals surface area contributed by atoms with Crippen molar-refractivity contribution in [2.75, 3.05) is 13.1 Å². The van der Waals surface area contributed by atoms with Gasteiger partial charge in [0.05, 0.1) is 0 Å². The highest BCUT2D eigenvalue weighted by atomic mass is 14.9. The van der Waals surface area contributed by atoms with Gasteiger partial charge in [-0.3, -0.25) is 0 Å². The van der Waals surface area contributed by atoms with Crippen molar-refractivity contribution >= 4 is 0 Å². The van der Waals surface area contributed by atoms with Crippen molar-refractivity contribution in [3.63, 3.8) is 0 Å². The lowest BCUT2D eigenvalue weighted by Gasteiger charge is -2.26. The second kappa shape index (κ2) is 3.81. The van der Waals surface area contributed by atoms with Crippen LogP contribution in [0.2, 0.25) is 0 Å². The maximum Gasteiger partial charge on any atom is 0.259 e. The van der Waals surface area contributed by atoms with E-state index < -0.39 is 0 Å². The number of nitrogens with one attached hydrogen (secondary N) is 1. The van der Waals surface area contributed by atoms with Gasteiger partial charge in [-0.1, -0.05) is 30.3 Å². The van der Waals surface area contributed by atoms with Crippen LogP contribution in [0.15, 0.2) is 30.3 Å².